The number of aliphatic hydroxyl groups is 1. The number of benzene rings is 1. The Bertz CT molecular complexity index is 481. The van der Waals surface area contributed by atoms with Gasteiger partial charge in [-0.1, -0.05) is 41.9 Å². The summed E-state index contributed by atoms with van der Waals surface area (Å²) in [6.45, 7) is 2.68. The minimum absolute atomic E-state index is 0.523. The quantitative estimate of drug-likeness (QED) is 0.906. The molecule has 3 nitrogen and oxygen atoms in total. The highest BCUT2D eigenvalue weighted by molar-refractivity contribution is 6.31. The van der Waals surface area contributed by atoms with Crippen LogP contribution in [0.25, 0.3) is 0 Å². The van der Waals surface area contributed by atoms with Gasteiger partial charge < -0.3 is 5.11 Å². The molecule has 90 valence electrons. The second-order valence-electron chi connectivity index (χ2n) is 3.90. The van der Waals surface area contributed by atoms with Crippen LogP contribution in [0.1, 0.15) is 24.3 Å². The maximum Gasteiger partial charge on any atom is 0.101 e. The maximum atomic E-state index is 10.2. The Kier molecular flexibility index (Phi) is 3.82. The fraction of sp³-hybridized carbons (Fsp3) is 0.308. The summed E-state index contributed by atoms with van der Waals surface area (Å²) in [5, 5.41) is 14.9. The smallest absolute Gasteiger partial charge is 0.101 e. The number of aromatic nitrogens is 2. The van der Waals surface area contributed by atoms with Crippen molar-refractivity contribution in [1.82, 2.24) is 9.78 Å². The Morgan fingerprint density at radius 3 is 2.71 bits per heavy atom. The molecule has 0 saturated heterocycles. The van der Waals surface area contributed by atoms with Gasteiger partial charge in [-0.2, -0.15) is 5.10 Å². The SMILES string of the molecule is CCn1ncc(Cl)c1C(O)Cc1ccccc1. The van der Waals surface area contributed by atoms with Gasteiger partial charge in [-0.25, -0.2) is 0 Å². The Hall–Kier alpha value is -1.32. The summed E-state index contributed by atoms with van der Waals surface area (Å²) in [7, 11) is 0. The number of aliphatic hydroxyl groups excluding tert-OH is 1. The third-order valence-corrected chi connectivity index (χ3v) is 3.01. The molecule has 4 heteroatoms. The van der Waals surface area contributed by atoms with E-state index in [0.717, 1.165) is 5.56 Å². The number of halogens is 1. The fourth-order valence-electron chi connectivity index (χ4n) is 1.89. The molecule has 0 amide bonds. The van der Waals surface area contributed by atoms with Gasteiger partial charge in [0.2, 0.25) is 0 Å². The van der Waals surface area contributed by atoms with Gasteiger partial charge in [0, 0.05) is 13.0 Å². The van der Waals surface area contributed by atoms with Gasteiger partial charge in [-0.05, 0) is 12.5 Å². The normalized spacial score (nSPS) is 12.6. The van der Waals surface area contributed by atoms with Crippen LogP contribution in [0.2, 0.25) is 5.02 Å². The summed E-state index contributed by atoms with van der Waals surface area (Å²) < 4.78 is 1.73. The van der Waals surface area contributed by atoms with E-state index >= 15 is 0 Å². The van der Waals surface area contributed by atoms with Gasteiger partial charge in [0.05, 0.1) is 16.9 Å². The molecule has 1 atom stereocenters. The molecule has 0 fully saturated rings. The van der Waals surface area contributed by atoms with Gasteiger partial charge in [0.1, 0.15) is 6.10 Å². The zero-order valence-electron chi connectivity index (χ0n) is 9.68. The average molecular weight is 251 g/mol. The van der Waals surface area contributed by atoms with Crippen molar-refractivity contribution in [2.45, 2.75) is 26.0 Å². The minimum Gasteiger partial charge on any atom is -0.386 e. The number of hydrogen-bond donors (Lipinski definition) is 1. The molecule has 1 N–H and O–H groups in total. The first kappa shape index (κ1) is 12.1. The first-order chi connectivity index (χ1) is 8.22. The number of aryl methyl sites for hydroxylation is 1. The second-order valence-corrected chi connectivity index (χ2v) is 4.31. The van der Waals surface area contributed by atoms with Gasteiger partial charge >= 0.3 is 0 Å². The van der Waals surface area contributed by atoms with Crippen LogP contribution in [-0.2, 0) is 13.0 Å². The molecule has 17 heavy (non-hydrogen) atoms. The van der Waals surface area contributed by atoms with Crippen molar-refractivity contribution in [3.63, 3.8) is 0 Å². The lowest BCUT2D eigenvalue weighted by Gasteiger charge is -2.13. The summed E-state index contributed by atoms with van der Waals surface area (Å²) in [4.78, 5) is 0. The topological polar surface area (TPSA) is 38.0 Å². The zero-order chi connectivity index (χ0) is 12.3. The van der Waals surface area contributed by atoms with Crippen LogP contribution in [-0.4, -0.2) is 14.9 Å². The molecule has 2 aromatic rings. The Morgan fingerprint density at radius 1 is 1.35 bits per heavy atom. The third-order valence-electron chi connectivity index (χ3n) is 2.72. The molecule has 2 rings (SSSR count). The lowest BCUT2D eigenvalue weighted by molar-refractivity contribution is 0.167. The van der Waals surface area contributed by atoms with Crippen LogP contribution in [0.3, 0.4) is 0 Å². The highest BCUT2D eigenvalue weighted by Crippen LogP contribution is 2.25. The van der Waals surface area contributed by atoms with Crippen molar-refractivity contribution in [1.29, 1.82) is 0 Å². The van der Waals surface area contributed by atoms with Gasteiger partial charge in [0.25, 0.3) is 0 Å². The standard InChI is InChI=1S/C13H15ClN2O/c1-2-16-13(11(14)9-15-16)12(17)8-10-6-4-3-5-7-10/h3-7,9,12,17H,2,8H2,1H3. The van der Waals surface area contributed by atoms with Gasteiger partial charge in [-0.3, -0.25) is 4.68 Å². The average Bonchev–Trinajstić information content (AvgIpc) is 2.71. The Labute approximate surface area is 106 Å². The van der Waals surface area contributed by atoms with E-state index < -0.39 is 6.10 Å². The van der Waals surface area contributed by atoms with Crippen LogP contribution < -0.4 is 0 Å². The molecule has 1 aromatic heterocycles. The Morgan fingerprint density at radius 2 is 2.06 bits per heavy atom. The van der Waals surface area contributed by atoms with Crippen LogP contribution in [0, 0.1) is 0 Å². The van der Waals surface area contributed by atoms with E-state index in [9.17, 15) is 5.11 Å². The van der Waals surface area contributed by atoms with Crippen molar-refractivity contribution in [3.8, 4) is 0 Å². The van der Waals surface area contributed by atoms with E-state index in [1.54, 1.807) is 10.9 Å². The predicted molar refractivity (Wildman–Crippen MR) is 68.0 cm³/mol. The molecule has 0 aliphatic rings. The van der Waals surface area contributed by atoms with Crippen LogP contribution >= 0.6 is 11.6 Å². The molecule has 0 bridgehead atoms. The van der Waals surface area contributed by atoms with E-state index in [0.29, 0.717) is 23.7 Å². The van der Waals surface area contributed by atoms with Crippen molar-refractivity contribution < 1.29 is 5.11 Å². The summed E-state index contributed by atoms with van der Waals surface area (Å²) in [5.74, 6) is 0. The van der Waals surface area contributed by atoms with E-state index in [-0.39, 0.29) is 0 Å². The molecule has 1 heterocycles. The molecule has 1 unspecified atom stereocenters. The van der Waals surface area contributed by atoms with E-state index in [2.05, 4.69) is 5.10 Å². The molecule has 0 radical (unpaired) electrons. The predicted octanol–water partition coefficient (Wildman–Crippen LogP) is 2.83. The van der Waals surface area contributed by atoms with Crippen molar-refractivity contribution in [3.05, 3.63) is 52.8 Å². The first-order valence-electron chi connectivity index (χ1n) is 5.65. The summed E-state index contributed by atoms with van der Waals surface area (Å²) in [6, 6.07) is 9.86. The van der Waals surface area contributed by atoms with E-state index in [1.165, 1.54) is 0 Å². The lowest BCUT2D eigenvalue weighted by atomic mass is 10.1. The minimum atomic E-state index is -0.618. The lowest BCUT2D eigenvalue weighted by Crippen LogP contribution is -2.10. The van der Waals surface area contributed by atoms with Crippen molar-refractivity contribution in [2.75, 3.05) is 0 Å². The maximum absolute atomic E-state index is 10.2. The molecule has 0 saturated carbocycles. The largest absolute Gasteiger partial charge is 0.386 e. The summed E-state index contributed by atoms with van der Waals surface area (Å²) in [6.07, 6.45) is 1.51. The third kappa shape index (κ3) is 2.68. The highest BCUT2D eigenvalue weighted by atomic mass is 35.5. The molecule has 0 aliphatic heterocycles. The van der Waals surface area contributed by atoms with Crippen LogP contribution in [0.4, 0.5) is 0 Å². The van der Waals surface area contributed by atoms with Gasteiger partial charge in [0.15, 0.2) is 0 Å². The van der Waals surface area contributed by atoms with Crippen molar-refractivity contribution in [2.24, 2.45) is 0 Å². The van der Waals surface area contributed by atoms with E-state index in [4.69, 9.17) is 11.6 Å². The zero-order valence-corrected chi connectivity index (χ0v) is 10.4. The monoisotopic (exact) mass is 250 g/mol. The highest BCUT2D eigenvalue weighted by Gasteiger charge is 2.17. The molecular weight excluding hydrogens is 236 g/mol. The van der Waals surface area contributed by atoms with Gasteiger partial charge in [-0.15, -0.1) is 0 Å². The Balaban J connectivity index is 2.20. The molecule has 1 aromatic carbocycles. The van der Waals surface area contributed by atoms with Crippen molar-refractivity contribution >= 4 is 11.6 Å². The number of nitrogens with zero attached hydrogens (tertiary/aromatic N) is 2. The molecular formula is C13H15ClN2O. The summed E-state index contributed by atoms with van der Waals surface area (Å²) >= 11 is 6.04. The number of hydrogen-bond acceptors (Lipinski definition) is 2. The number of rotatable bonds is 4. The molecule has 0 spiro atoms. The van der Waals surface area contributed by atoms with Crippen LogP contribution in [0.5, 0.6) is 0 Å². The first-order valence-corrected chi connectivity index (χ1v) is 6.03. The summed E-state index contributed by atoms with van der Waals surface area (Å²) in [5.41, 5.74) is 1.78. The van der Waals surface area contributed by atoms with E-state index in [1.807, 2.05) is 37.3 Å². The molecule has 0 aliphatic carbocycles. The second kappa shape index (κ2) is 5.34. The van der Waals surface area contributed by atoms with Crippen LogP contribution in [0.15, 0.2) is 36.5 Å². The fourth-order valence-corrected chi connectivity index (χ4v) is 2.16.